The van der Waals surface area contributed by atoms with Crippen LogP contribution in [0.5, 0.6) is 0 Å². The van der Waals surface area contributed by atoms with Crippen LogP contribution in [-0.2, 0) is 23.9 Å². The lowest BCUT2D eigenvalue weighted by Crippen LogP contribution is -2.55. The Morgan fingerprint density at radius 1 is 1.07 bits per heavy atom. The highest BCUT2D eigenvalue weighted by Crippen LogP contribution is 2.47. The van der Waals surface area contributed by atoms with Crippen molar-refractivity contribution in [3.8, 4) is 0 Å². The van der Waals surface area contributed by atoms with Gasteiger partial charge in [-0.3, -0.25) is 14.4 Å². The molecular formula is C23H31BrO6. The molecule has 0 radical (unpaired) electrons. The van der Waals surface area contributed by atoms with E-state index in [0.29, 0.717) is 5.56 Å². The summed E-state index contributed by atoms with van der Waals surface area (Å²) in [6.07, 6.45) is -0.317. The minimum atomic E-state index is -1.64. The van der Waals surface area contributed by atoms with Crippen LogP contribution in [0.3, 0.4) is 0 Å². The van der Waals surface area contributed by atoms with Crippen LogP contribution >= 0.6 is 15.9 Å². The number of carbonyl (C=O) groups is 3. The minimum absolute atomic E-state index is 0.105. The maximum Gasteiger partial charge on any atom is 0.317 e. The zero-order valence-corrected chi connectivity index (χ0v) is 19.8. The first kappa shape index (κ1) is 24.5. The van der Waals surface area contributed by atoms with E-state index in [4.69, 9.17) is 9.47 Å². The van der Waals surface area contributed by atoms with Crippen molar-refractivity contribution < 1.29 is 29.0 Å². The Bertz CT molecular complexity index is 768. The fraction of sp³-hybridized carbons (Fsp3) is 0.609. The molecule has 166 valence electrons. The highest BCUT2D eigenvalue weighted by Gasteiger charge is 2.57. The summed E-state index contributed by atoms with van der Waals surface area (Å²) in [6.45, 7) is 9.44. The molecule has 0 amide bonds. The highest BCUT2D eigenvalue weighted by atomic mass is 79.9. The number of carbonyl (C=O) groups excluding carboxylic acids is 3. The molecule has 7 heteroatoms. The average molecular weight is 483 g/mol. The van der Waals surface area contributed by atoms with Gasteiger partial charge in [0.05, 0.1) is 24.7 Å². The van der Waals surface area contributed by atoms with E-state index in [2.05, 4.69) is 15.9 Å². The molecule has 0 aliphatic heterocycles. The van der Waals surface area contributed by atoms with Gasteiger partial charge in [-0.25, -0.2) is 0 Å². The van der Waals surface area contributed by atoms with Gasteiger partial charge in [-0.15, -0.1) is 0 Å². The summed E-state index contributed by atoms with van der Waals surface area (Å²) in [7, 11) is 0. The third-order valence-corrected chi connectivity index (χ3v) is 5.68. The Hall–Kier alpha value is -1.73. The first-order valence-electron chi connectivity index (χ1n) is 10.3. The average Bonchev–Trinajstić information content (AvgIpc) is 2.63. The number of aliphatic hydroxyl groups is 1. The van der Waals surface area contributed by atoms with Crippen molar-refractivity contribution in [1.29, 1.82) is 0 Å². The summed E-state index contributed by atoms with van der Waals surface area (Å²) in [5, 5.41) is 11.1. The van der Waals surface area contributed by atoms with E-state index in [9.17, 15) is 19.5 Å². The Labute approximate surface area is 186 Å². The number of hydrogen-bond acceptors (Lipinski definition) is 6. The number of benzene rings is 1. The van der Waals surface area contributed by atoms with Crippen molar-refractivity contribution in [3.05, 3.63) is 34.3 Å². The first-order valence-corrected chi connectivity index (χ1v) is 11.1. The van der Waals surface area contributed by atoms with Crippen LogP contribution < -0.4 is 0 Å². The number of hydrogen-bond donors (Lipinski definition) is 1. The zero-order chi connectivity index (χ0) is 22.6. The topological polar surface area (TPSA) is 89.9 Å². The Morgan fingerprint density at radius 3 is 2.07 bits per heavy atom. The lowest BCUT2D eigenvalue weighted by molar-refractivity contribution is -0.173. The van der Waals surface area contributed by atoms with Gasteiger partial charge in [-0.2, -0.15) is 0 Å². The lowest BCUT2D eigenvalue weighted by Gasteiger charge is -2.43. The normalized spacial score (nSPS) is 26.7. The summed E-state index contributed by atoms with van der Waals surface area (Å²) in [5.74, 6) is -4.64. The van der Waals surface area contributed by atoms with Crippen molar-refractivity contribution in [2.24, 2.45) is 23.7 Å². The predicted molar refractivity (Wildman–Crippen MR) is 116 cm³/mol. The maximum absolute atomic E-state index is 13.1. The molecule has 0 unspecified atom stereocenters. The third kappa shape index (κ3) is 5.91. The minimum Gasteiger partial charge on any atom is -0.465 e. The van der Waals surface area contributed by atoms with Crippen LogP contribution in [-0.4, -0.2) is 41.6 Å². The van der Waals surface area contributed by atoms with Gasteiger partial charge in [-0.05, 0) is 36.5 Å². The number of rotatable bonds is 7. The molecule has 0 saturated heterocycles. The van der Waals surface area contributed by atoms with Crippen molar-refractivity contribution in [2.75, 3.05) is 13.2 Å². The quantitative estimate of drug-likeness (QED) is 0.468. The Morgan fingerprint density at radius 2 is 1.57 bits per heavy atom. The van der Waals surface area contributed by atoms with Crippen LogP contribution in [0.4, 0.5) is 0 Å². The van der Waals surface area contributed by atoms with E-state index >= 15 is 0 Å². The van der Waals surface area contributed by atoms with Gasteiger partial charge in [0.2, 0.25) is 0 Å². The summed E-state index contributed by atoms with van der Waals surface area (Å²) in [4.78, 5) is 38.9. The molecule has 30 heavy (non-hydrogen) atoms. The molecule has 1 N–H and O–H groups in total. The largest absolute Gasteiger partial charge is 0.465 e. The van der Waals surface area contributed by atoms with Gasteiger partial charge in [0.1, 0.15) is 5.92 Å². The van der Waals surface area contributed by atoms with Gasteiger partial charge in [-0.1, -0.05) is 55.8 Å². The fourth-order valence-electron chi connectivity index (χ4n) is 3.78. The summed E-state index contributed by atoms with van der Waals surface area (Å²) < 4.78 is 11.6. The van der Waals surface area contributed by atoms with Gasteiger partial charge in [0.15, 0.2) is 5.78 Å². The number of ketones is 1. The molecule has 1 aliphatic carbocycles. The van der Waals surface area contributed by atoms with Crippen LogP contribution in [0.1, 0.15) is 52.5 Å². The zero-order valence-electron chi connectivity index (χ0n) is 18.2. The molecule has 1 aromatic carbocycles. The van der Waals surface area contributed by atoms with E-state index in [-0.39, 0.29) is 31.5 Å². The van der Waals surface area contributed by atoms with E-state index < -0.39 is 41.1 Å². The van der Waals surface area contributed by atoms with Crippen LogP contribution in [0.15, 0.2) is 28.7 Å². The van der Waals surface area contributed by atoms with Crippen molar-refractivity contribution >= 4 is 33.7 Å². The van der Waals surface area contributed by atoms with E-state index in [1.165, 1.54) is 6.92 Å². The molecular weight excluding hydrogens is 452 g/mol. The summed E-state index contributed by atoms with van der Waals surface area (Å²) in [5.41, 5.74) is -1.04. The number of halogens is 1. The molecule has 0 aromatic heterocycles. The molecule has 2 rings (SSSR count). The molecule has 0 heterocycles. The predicted octanol–water partition coefficient (Wildman–Crippen LogP) is 3.89. The molecule has 6 nitrogen and oxygen atoms in total. The molecule has 1 aromatic rings. The number of ether oxygens (including phenoxy) is 2. The summed E-state index contributed by atoms with van der Waals surface area (Å²) >= 11 is 3.37. The van der Waals surface area contributed by atoms with Crippen molar-refractivity contribution in [2.45, 2.75) is 52.6 Å². The molecule has 1 saturated carbocycles. The Balaban J connectivity index is 2.51. The third-order valence-electron chi connectivity index (χ3n) is 5.15. The van der Waals surface area contributed by atoms with Crippen LogP contribution in [0, 0.1) is 23.7 Å². The van der Waals surface area contributed by atoms with Crippen molar-refractivity contribution in [3.63, 3.8) is 0 Å². The molecule has 1 aliphatic rings. The van der Waals surface area contributed by atoms with Gasteiger partial charge >= 0.3 is 11.9 Å². The SMILES string of the molecule is CC(C)COC(=O)[C@H]1C(=O)C[C@@](C)(O)[C@H](C(=O)OCC(C)C)[C@@H]1c1ccc(Br)cc1. The van der Waals surface area contributed by atoms with E-state index in [0.717, 1.165) is 4.47 Å². The van der Waals surface area contributed by atoms with Crippen LogP contribution in [0.25, 0.3) is 0 Å². The highest BCUT2D eigenvalue weighted by molar-refractivity contribution is 9.10. The molecule has 0 bridgehead atoms. The van der Waals surface area contributed by atoms with Crippen LogP contribution in [0.2, 0.25) is 0 Å². The number of Topliss-reactive ketones (excluding diaryl/α,β-unsaturated/α-hetero) is 1. The molecule has 4 atom stereocenters. The fourth-order valence-corrected chi connectivity index (χ4v) is 4.04. The van der Waals surface area contributed by atoms with Gasteiger partial charge in [0.25, 0.3) is 0 Å². The second-order valence-corrected chi connectivity index (χ2v) is 10.00. The smallest absolute Gasteiger partial charge is 0.317 e. The lowest BCUT2D eigenvalue weighted by atomic mass is 9.62. The molecule has 1 fully saturated rings. The second-order valence-electron chi connectivity index (χ2n) is 9.08. The van der Waals surface area contributed by atoms with Crippen molar-refractivity contribution in [1.82, 2.24) is 0 Å². The summed E-state index contributed by atoms with van der Waals surface area (Å²) in [6, 6.07) is 7.04. The second kappa shape index (κ2) is 10.1. The van der Waals surface area contributed by atoms with E-state index in [1.54, 1.807) is 24.3 Å². The number of esters is 2. The van der Waals surface area contributed by atoms with E-state index in [1.807, 2.05) is 27.7 Å². The first-order chi connectivity index (χ1) is 13.9. The monoisotopic (exact) mass is 482 g/mol. The van der Waals surface area contributed by atoms with Gasteiger partial charge in [0, 0.05) is 16.8 Å². The maximum atomic E-state index is 13.1. The van der Waals surface area contributed by atoms with Gasteiger partial charge < -0.3 is 14.6 Å². The standard InChI is InChI=1S/C23H31BrO6/c1-13(2)11-29-21(26)19-17(25)10-23(5,28)20(22(27)30-12-14(3)4)18(19)15-6-8-16(24)9-7-15/h6-9,13-14,18-20,28H,10-12H2,1-5H3/t18-,19+,20+,23-/m1/s1. The molecule has 0 spiro atoms. The Kier molecular flexibility index (Phi) is 8.22.